The molecule has 0 aromatic rings. The Bertz CT molecular complexity index is 427. The van der Waals surface area contributed by atoms with E-state index in [1.807, 2.05) is 0 Å². The number of ketones is 1. The summed E-state index contributed by atoms with van der Waals surface area (Å²) >= 11 is 0. The zero-order valence-corrected chi connectivity index (χ0v) is 13.3. The highest BCUT2D eigenvalue weighted by Gasteiger charge is 2.59. The highest BCUT2D eigenvalue weighted by Crippen LogP contribution is 2.65. The van der Waals surface area contributed by atoms with Crippen molar-refractivity contribution in [3.8, 4) is 0 Å². The van der Waals surface area contributed by atoms with Crippen LogP contribution in [0, 0.1) is 34.5 Å². The predicted octanol–water partition coefficient (Wildman–Crippen LogP) is 4.99. The molecule has 4 aliphatic carbocycles. The molecule has 0 aromatic carbocycles. The van der Waals surface area contributed by atoms with Gasteiger partial charge in [-0.3, -0.25) is 4.79 Å². The maximum Gasteiger partial charge on any atom is 0.136 e. The van der Waals surface area contributed by atoms with E-state index in [-0.39, 0.29) is 0 Å². The van der Waals surface area contributed by atoms with Crippen LogP contribution in [0.2, 0.25) is 0 Å². The van der Waals surface area contributed by atoms with Crippen LogP contribution in [0.25, 0.3) is 0 Å². The van der Waals surface area contributed by atoms with Crippen LogP contribution in [0.15, 0.2) is 0 Å². The van der Waals surface area contributed by atoms with Gasteiger partial charge in [-0.15, -0.1) is 0 Å². The maximum absolute atomic E-state index is 12.9. The maximum atomic E-state index is 12.9. The van der Waals surface area contributed by atoms with E-state index in [4.69, 9.17) is 0 Å². The Hall–Kier alpha value is -0.330. The molecule has 0 amide bonds. The van der Waals surface area contributed by atoms with E-state index in [0.717, 1.165) is 24.2 Å². The Morgan fingerprint density at radius 1 is 0.900 bits per heavy atom. The summed E-state index contributed by atoms with van der Waals surface area (Å²) in [6.07, 6.45) is 13.3. The van der Waals surface area contributed by atoms with Crippen LogP contribution in [0.5, 0.6) is 0 Å². The number of Topliss-reactive ketones (excluding diaryl/α,β-unsaturated/α-hetero) is 1. The number of hydrogen-bond acceptors (Lipinski definition) is 1. The summed E-state index contributed by atoms with van der Waals surface area (Å²) < 4.78 is 0. The molecule has 1 nitrogen and oxygen atoms in total. The number of fused-ring (bicyclic) bond motifs is 5. The van der Waals surface area contributed by atoms with Gasteiger partial charge in [0.15, 0.2) is 0 Å². The fraction of sp³-hybridized carbons (Fsp3) is 0.947. The molecule has 4 saturated carbocycles. The Morgan fingerprint density at radius 3 is 2.60 bits per heavy atom. The Balaban J connectivity index is 1.71. The van der Waals surface area contributed by atoms with E-state index in [2.05, 4.69) is 13.8 Å². The molecule has 4 rings (SSSR count). The number of carbonyl (C=O) groups is 1. The van der Waals surface area contributed by atoms with E-state index in [9.17, 15) is 4.79 Å². The van der Waals surface area contributed by atoms with Crippen molar-refractivity contribution in [3.05, 3.63) is 0 Å². The van der Waals surface area contributed by atoms with Gasteiger partial charge in [0, 0.05) is 12.3 Å². The lowest BCUT2D eigenvalue weighted by atomic mass is 9.45. The van der Waals surface area contributed by atoms with Crippen LogP contribution in [0.4, 0.5) is 0 Å². The molecule has 0 saturated heterocycles. The molecule has 0 aliphatic heterocycles. The normalized spacial score (nSPS) is 55.0. The van der Waals surface area contributed by atoms with Gasteiger partial charge >= 0.3 is 0 Å². The molecule has 0 bridgehead atoms. The average molecular weight is 274 g/mol. The topological polar surface area (TPSA) is 17.1 Å². The SMILES string of the molecule is C[C@@]12CCC[C@H]1[C@@H]1C(=O)C[C@H]3CCCC[C@]3(C)[C@H]1CC2. The molecule has 0 radical (unpaired) electrons. The smallest absolute Gasteiger partial charge is 0.136 e. The van der Waals surface area contributed by atoms with Crippen LogP contribution in [0.1, 0.15) is 78.1 Å². The van der Waals surface area contributed by atoms with Crippen LogP contribution >= 0.6 is 0 Å². The molecular weight excluding hydrogens is 244 g/mol. The van der Waals surface area contributed by atoms with E-state index < -0.39 is 0 Å². The molecule has 0 aromatic heterocycles. The zero-order chi connectivity index (χ0) is 14.0. The molecule has 6 atom stereocenters. The summed E-state index contributed by atoms with van der Waals surface area (Å²) in [5.74, 6) is 3.28. The fourth-order valence-electron chi connectivity index (χ4n) is 6.95. The van der Waals surface area contributed by atoms with Gasteiger partial charge in [-0.1, -0.05) is 33.1 Å². The minimum absolute atomic E-state index is 0.440. The number of hydrogen-bond donors (Lipinski definition) is 0. The molecule has 20 heavy (non-hydrogen) atoms. The van der Waals surface area contributed by atoms with Crippen molar-refractivity contribution in [1.82, 2.24) is 0 Å². The van der Waals surface area contributed by atoms with Gasteiger partial charge in [-0.2, -0.15) is 0 Å². The number of rotatable bonds is 0. The van der Waals surface area contributed by atoms with Crippen molar-refractivity contribution in [2.45, 2.75) is 78.1 Å². The molecule has 0 heterocycles. The van der Waals surface area contributed by atoms with Gasteiger partial charge in [0.1, 0.15) is 5.78 Å². The first-order valence-corrected chi connectivity index (χ1v) is 9.07. The standard InChI is InChI=1S/C19H30O/c1-18-9-5-7-14(18)17-15(8-11-18)19(2)10-4-3-6-13(19)12-16(17)20/h13-15,17H,3-12H2,1-2H3/t13-,14+,15+,17+,18+,19+/m1/s1. The first-order chi connectivity index (χ1) is 9.55. The summed E-state index contributed by atoms with van der Waals surface area (Å²) in [7, 11) is 0. The molecule has 4 aliphatic rings. The first-order valence-electron chi connectivity index (χ1n) is 9.07. The lowest BCUT2D eigenvalue weighted by Crippen LogP contribution is -2.55. The summed E-state index contributed by atoms with van der Waals surface area (Å²) in [6.45, 7) is 5.04. The van der Waals surface area contributed by atoms with E-state index in [1.54, 1.807) is 0 Å². The van der Waals surface area contributed by atoms with Gasteiger partial charge in [-0.05, 0) is 67.1 Å². The second-order valence-corrected chi connectivity index (χ2v) is 8.94. The Kier molecular flexibility index (Phi) is 2.89. The lowest BCUT2D eigenvalue weighted by molar-refractivity contribution is -0.153. The highest BCUT2D eigenvalue weighted by atomic mass is 16.1. The van der Waals surface area contributed by atoms with Crippen molar-refractivity contribution in [1.29, 1.82) is 0 Å². The largest absolute Gasteiger partial charge is 0.299 e. The molecule has 4 fully saturated rings. The van der Waals surface area contributed by atoms with Crippen LogP contribution in [-0.4, -0.2) is 5.78 Å². The molecule has 0 unspecified atom stereocenters. The van der Waals surface area contributed by atoms with Crippen molar-refractivity contribution >= 4 is 5.78 Å². The summed E-state index contributed by atoms with van der Waals surface area (Å²) in [5.41, 5.74) is 1.01. The van der Waals surface area contributed by atoms with E-state index in [0.29, 0.717) is 22.5 Å². The zero-order valence-electron chi connectivity index (χ0n) is 13.3. The first kappa shape index (κ1) is 13.3. The van der Waals surface area contributed by atoms with Crippen LogP contribution in [-0.2, 0) is 4.79 Å². The summed E-state index contributed by atoms with van der Waals surface area (Å²) in [5, 5.41) is 0. The van der Waals surface area contributed by atoms with Crippen molar-refractivity contribution < 1.29 is 4.79 Å². The summed E-state index contributed by atoms with van der Waals surface area (Å²) in [4.78, 5) is 12.9. The average Bonchev–Trinajstić information content (AvgIpc) is 2.81. The molecule has 112 valence electrons. The third-order valence-electron chi connectivity index (χ3n) is 8.17. The van der Waals surface area contributed by atoms with E-state index in [1.165, 1.54) is 57.8 Å². The van der Waals surface area contributed by atoms with E-state index >= 15 is 0 Å². The van der Waals surface area contributed by atoms with Gasteiger partial charge in [0.2, 0.25) is 0 Å². The van der Waals surface area contributed by atoms with Crippen molar-refractivity contribution in [2.24, 2.45) is 34.5 Å². The number of carbonyl (C=O) groups excluding carboxylic acids is 1. The molecule has 1 heteroatoms. The van der Waals surface area contributed by atoms with Gasteiger partial charge in [0.25, 0.3) is 0 Å². The predicted molar refractivity (Wildman–Crippen MR) is 81.4 cm³/mol. The molecular formula is C19H30O. The third-order valence-corrected chi connectivity index (χ3v) is 8.17. The van der Waals surface area contributed by atoms with Crippen LogP contribution < -0.4 is 0 Å². The third kappa shape index (κ3) is 1.64. The summed E-state index contributed by atoms with van der Waals surface area (Å²) in [6, 6.07) is 0. The second kappa shape index (κ2) is 4.34. The minimum Gasteiger partial charge on any atom is -0.299 e. The highest BCUT2D eigenvalue weighted by molar-refractivity contribution is 5.83. The monoisotopic (exact) mass is 274 g/mol. The minimum atomic E-state index is 0.440. The van der Waals surface area contributed by atoms with Gasteiger partial charge in [-0.25, -0.2) is 0 Å². The Labute approximate surface area is 123 Å². The quantitative estimate of drug-likeness (QED) is 0.608. The molecule has 0 spiro atoms. The van der Waals surface area contributed by atoms with Crippen LogP contribution in [0.3, 0.4) is 0 Å². The van der Waals surface area contributed by atoms with Crippen molar-refractivity contribution in [3.63, 3.8) is 0 Å². The Morgan fingerprint density at radius 2 is 1.75 bits per heavy atom. The fourth-order valence-corrected chi connectivity index (χ4v) is 6.95. The van der Waals surface area contributed by atoms with Gasteiger partial charge in [0.05, 0.1) is 0 Å². The van der Waals surface area contributed by atoms with Gasteiger partial charge < -0.3 is 0 Å². The van der Waals surface area contributed by atoms with Crippen molar-refractivity contribution in [2.75, 3.05) is 0 Å². The lowest BCUT2D eigenvalue weighted by Gasteiger charge is -2.59. The molecule has 0 N–H and O–H groups in total. The second-order valence-electron chi connectivity index (χ2n) is 8.94.